The van der Waals surface area contributed by atoms with Crippen LogP contribution < -0.4 is 0 Å². The minimum atomic E-state index is -1.41. The summed E-state index contributed by atoms with van der Waals surface area (Å²) in [6, 6.07) is 0. The van der Waals surface area contributed by atoms with Gasteiger partial charge in [-0.15, -0.1) is 0 Å². The third-order valence-corrected chi connectivity index (χ3v) is 9.81. The highest BCUT2D eigenvalue weighted by molar-refractivity contribution is 6.01. The van der Waals surface area contributed by atoms with E-state index in [4.69, 9.17) is 19.3 Å². The van der Waals surface area contributed by atoms with Crippen LogP contribution in [-0.2, 0) is 33.4 Å². The highest BCUT2D eigenvalue weighted by Gasteiger charge is 2.76. The molecule has 37 heavy (non-hydrogen) atoms. The highest BCUT2D eigenvalue weighted by Crippen LogP contribution is 2.70. The number of ether oxygens (including phenoxy) is 3. The highest BCUT2D eigenvalue weighted by atomic mass is 16.8. The third-order valence-electron chi connectivity index (χ3n) is 9.81. The summed E-state index contributed by atoms with van der Waals surface area (Å²) in [5.41, 5.74) is -1.57. The summed E-state index contributed by atoms with van der Waals surface area (Å²) >= 11 is 0. The average Bonchev–Trinajstić information content (AvgIpc) is 3.22. The lowest BCUT2D eigenvalue weighted by Gasteiger charge is -2.59. The molecule has 202 valence electrons. The summed E-state index contributed by atoms with van der Waals surface area (Å²) in [5, 5.41) is 20.5. The van der Waals surface area contributed by atoms with E-state index in [1.54, 1.807) is 26.0 Å². The molecule has 1 heterocycles. The summed E-state index contributed by atoms with van der Waals surface area (Å²) < 4.78 is 17.9. The second kappa shape index (κ2) is 8.58. The number of carboxylic acid groups (broad SMARTS) is 1. The molecule has 4 unspecified atom stereocenters. The van der Waals surface area contributed by atoms with Gasteiger partial charge in [-0.05, 0) is 63.5 Å². The van der Waals surface area contributed by atoms with Gasteiger partial charge in [0.15, 0.2) is 23.8 Å². The maximum absolute atomic E-state index is 13.9. The number of hydrogen-bond acceptors (Lipinski definition) is 8. The van der Waals surface area contributed by atoms with Crippen LogP contribution >= 0.6 is 0 Å². The van der Waals surface area contributed by atoms with Gasteiger partial charge < -0.3 is 24.4 Å². The lowest BCUT2D eigenvalue weighted by Crippen LogP contribution is -2.64. The Morgan fingerprint density at radius 3 is 2.59 bits per heavy atom. The fourth-order valence-electron chi connectivity index (χ4n) is 8.46. The first kappa shape index (κ1) is 26.3. The summed E-state index contributed by atoms with van der Waals surface area (Å²) in [5.74, 6) is -3.38. The van der Waals surface area contributed by atoms with Crippen molar-refractivity contribution in [1.29, 1.82) is 0 Å². The number of aliphatic hydroxyl groups is 1. The van der Waals surface area contributed by atoms with Crippen LogP contribution in [0.3, 0.4) is 0 Å². The van der Waals surface area contributed by atoms with Crippen LogP contribution in [0.15, 0.2) is 23.8 Å². The van der Waals surface area contributed by atoms with E-state index in [9.17, 15) is 24.3 Å². The monoisotopic (exact) mass is 516 g/mol. The largest absolute Gasteiger partial charge is 0.481 e. The molecule has 8 atom stereocenters. The molecule has 5 rings (SSSR count). The van der Waals surface area contributed by atoms with Crippen LogP contribution in [0.2, 0.25) is 0 Å². The van der Waals surface area contributed by atoms with Crippen molar-refractivity contribution in [3.05, 3.63) is 23.8 Å². The molecular formula is C28H36O9. The summed E-state index contributed by atoms with van der Waals surface area (Å²) in [6.07, 6.45) is 5.63. The van der Waals surface area contributed by atoms with Gasteiger partial charge in [0, 0.05) is 16.7 Å². The third kappa shape index (κ3) is 3.84. The van der Waals surface area contributed by atoms with Crippen LogP contribution in [0.1, 0.15) is 66.2 Å². The number of aliphatic hydroxyl groups excluding tert-OH is 1. The van der Waals surface area contributed by atoms with Crippen molar-refractivity contribution >= 4 is 23.5 Å². The zero-order chi connectivity index (χ0) is 27.0. The van der Waals surface area contributed by atoms with Crippen molar-refractivity contribution in [2.24, 2.45) is 28.6 Å². The van der Waals surface area contributed by atoms with Gasteiger partial charge in [0.05, 0.1) is 25.0 Å². The Kier molecular flexibility index (Phi) is 6.09. The number of rotatable bonds is 6. The van der Waals surface area contributed by atoms with E-state index in [1.807, 2.05) is 13.0 Å². The Labute approximate surface area is 216 Å². The SMILES string of the molecule is CC1(C)O[C@@H]2CC3C4CCC5=CC(=O)C=C[C@]5(C)C4C(O)C[C@]3(C)[C@]2(C(=O)COC(=O)CCC(=O)O)O1. The van der Waals surface area contributed by atoms with E-state index in [0.717, 1.165) is 18.4 Å². The lowest BCUT2D eigenvalue weighted by molar-refractivity contribution is -0.225. The number of carbonyl (C=O) groups is 4. The maximum Gasteiger partial charge on any atom is 0.306 e. The fourth-order valence-corrected chi connectivity index (χ4v) is 8.46. The number of hydrogen-bond donors (Lipinski definition) is 2. The molecule has 1 saturated heterocycles. The Balaban J connectivity index is 1.46. The number of Topliss-reactive ketones (excluding diaryl/α,β-unsaturated/α-hetero) is 1. The van der Waals surface area contributed by atoms with Crippen molar-refractivity contribution in [2.45, 2.75) is 89.8 Å². The first-order chi connectivity index (χ1) is 17.2. The topological polar surface area (TPSA) is 136 Å². The number of carboxylic acids is 1. The van der Waals surface area contributed by atoms with Gasteiger partial charge in [0.2, 0.25) is 5.78 Å². The van der Waals surface area contributed by atoms with Crippen molar-refractivity contribution in [2.75, 3.05) is 6.61 Å². The van der Waals surface area contributed by atoms with Gasteiger partial charge >= 0.3 is 11.9 Å². The number of ketones is 2. The standard InChI is InChI=1S/C28H36O9/c1-25(2)36-21-12-18-17-6-5-15-11-16(29)9-10-26(15,3)24(17)19(30)13-27(18,4)28(21,37-25)20(31)14-35-23(34)8-7-22(32)33/h9-11,17-19,21,24,30H,5-8,12-14H2,1-4H3,(H,32,33)/t17?,18?,19?,21-,24?,26+,27+,28-/m1/s1. The van der Waals surface area contributed by atoms with Crippen molar-refractivity contribution in [3.8, 4) is 0 Å². The van der Waals surface area contributed by atoms with Crippen molar-refractivity contribution in [1.82, 2.24) is 0 Å². The molecular weight excluding hydrogens is 480 g/mol. The molecule has 9 nitrogen and oxygen atoms in total. The number of allylic oxidation sites excluding steroid dienone is 4. The van der Waals surface area contributed by atoms with E-state index < -0.39 is 58.8 Å². The van der Waals surface area contributed by atoms with Gasteiger partial charge in [0.1, 0.15) is 0 Å². The summed E-state index contributed by atoms with van der Waals surface area (Å²) in [6.45, 7) is 7.04. The van der Waals surface area contributed by atoms with Crippen LogP contribution in [0.5, 0.6) is 0 Å². The molecule has 4 aliphatic carbocycles. The predicted octanol–water partition coefficient (Wildman–Crippen LogP) is 2.74. The first-order valence-electron chi connectivity index (χ1n) is 13.1. The maximum atomic E-state index is 13.9. The van der Waals surface area contributed by atoms with Gasteiger partial charge in [0.25, 0.3) is 0 Å². The van der Waals surface area contributed by atoms with Gasteiger partial charge in [-0.2, -0.15) is 0 Å². The number of esters is 1. The Morgan fingerprint density at radius 2 is 1.89 bits per heavy atom. The van der Waals surface area contributed by atoms with E-state index in [0.29, 0.717) is 12.8 Å². The molecule has 0 aromatic heterocycles. The molecule has 5 aliphatic rings. The first-order valence-corrected chi connectivity index (χ1v) is 13.1. The fraction of sp³-hybridized carbons (Fsp3) is 0.714. The molecule has 0 aromatic rings. The molecule has 3 saturated carbocycles. The quantitative estimate of drug-likeness (QED) is 0.511. The molecule has 0 bridgehead atoms. The van der Waals surface area contributed by atoms with Crippen LogP contribution in [-0.4, -0.2) is 63.9 Å². The van der Waals surface area contributed by atoms with Crippen LogP contribution in [0.4, 0.5) is 0 Å². The average molecular weight is 517 g/mol. The summed E-state index contributed by atoms with van der Waals surface area (Å²) in [4.78, 5) is 48.8. The molecule has 0 amide bonds. The van der Waals surface area contributed by atoms with Crippen LogP contribution in [0, 0.1) is 28.6 Å². The molecule has 1 aliphatic heterocycles. The zero-order valence-electron chi connectivity index (χ0n) is 21.8. The predicted molar refractivity (Wildman–Crippen MR) is 129 cm³/mol. The molecule has 0 spiro atoms. The van der Waals surface area contributed by atoms with Crippen molar-refractivity contribution < 1.29 is 43.6 Å². The van der Waals surface area contributed by atoms with Crippen LogP contribution in [0.25, 0.3) is 0 Å². The number of carbonyl (C=O) groups excluding carboxylic acids is 3. The normalized spacial score (nSPS) is 43.2. The van der Waals surface area contributed by atoms with E-state index in [2.05, 4.69) is 6.92 Å². The number of aliphatic carboxylic acids is 1. The molecule has 4 fully saturated rings. The molecule has 0 radical (unpaired) electrons. The number of fused-ring (bicyclic) bond motifs is 7. The summed E-state index contributed by atoms with van der Waals surface area (Å²) in [7, 11) is 0. The molecule has 0 aromatic carbocycles. The van der Waals surface area contributed by atoms with E-state index >= 15 is 0 Å². The molecule has 9 heteroatoms. The Bertz CT molecular complexity index is 1100. The van der Waals surface area contributed by atoms with Gasteiger partial charge in [-0.1, -0.05) is 25.5 Å². The van der Waals surface area contributed by atoms with Crippen molar-refractivity contribution in [3.63, 3.8) is 0 Å². The second-order valence-electron chi connectivity index (χ2n) is 12.3. The van der Waals surface area contributed by atoms with Gasteiger partial charge in [-0.25, -0.2) is 0 Å². The minimum Gasteiger partial charge on any atom is -0.481 e. The minimum absolute atomic E-state index is 0.0121. The molecule has 2 N–H and O–H groups in total. The lowest BCUT2D eigenvalue weighted by atomic mass is 9.46. The zero-order valence-corrected chi connectivity index (χ0v) is 21.8. The Morgan fingerprint density at radius 1 is 1.16 bits per heavy atom. The smallest absolute Gasteiger partial charge is 0.306 e. The van der Waals surface area contributed by atoms with E-state index in [1.165, 1.54) is 0 Å². The second-order valence-corrected chi connectivity index (χ2v) is 12.3. The van der Waals surface area contributed by atoms with Gasteiger partial charge in [-0.3, -0.25) is 19.2 Å². The Hall–Kier alpha value is -2.36. The van der Waals surface area contributed by atoms with E-state index in [-0.39, 0.29) is 36.4 Å².